The van der Waals surface area contributed by atoms with Gasteiger partial charge in [-0.3, -0.25) is 4.79 Å². The molecule has 4 N–H and O–H groups in total. The fourth-order valence-electron chi connectivity index (χ4n) is 3.20. The molecule has 0 atom stereocenters. The molecule has 25 heavy (non-hydrogen) atoms. The molecule has 2 heterocycles. The average molecular weight is 332 g/mol. The maximum atomic E-state index is 12.3. The zero-order chi connectivity index (χ0) is 17.6. The molecule has 1 aliphatic rings. The highest BCUT2D eigenvalue weighted by Gasteiger charge is 2.28. The molecule has 0 unspecified atom stereocenters. The number of nitrogens with two attached hydrogens (primary N) is 1. The van der Waals surface area contributed by atoms with Crippen LogP contribution in [-0.4, -0.2) is 21.0 Å². The van der Waals surface area contributed by atoms with Gasteiger partial charge in [-0.2, -0.15) is 0 Å². The molecule has 124 valence electrons. The Morgan fingerprint density at radius 2 is 1.88 bits per heavy atom. The van der Waals surface area contributed by atoms with Gasteiger partial charge >= 0.3 is 0 Å². The van der Waals surface area contributed by atoms with Gasteiger partial charge in [0, 0.05) is 30.1 Å². The Bertz CT molecular complexity index is 1000. The number of fused-ring (bicyclic) bond motifs is 1. The van der Waals surface area contributed by atoms with Crippen molar-refractivity contribution < 1.29 is 9.90 Å². The van der Waals surface area contributed by atoms with Gasteiger partial charge < -0.3 is 16.2 Å². The van der Waals surface area contributed by atoms with E-state index in [2.05, 4.69) is 15.3 Å². The molecular weight excluding hydrogens is 316 g/mol. The summed E-state index contributed by atoms with van der Waals surface area (Å²) in [5.41, 5.74) is 11.2. The second-order valence-electron chi connectivity index (χ2n) is 5.99. The summed E-state index contributed by atoms with van der Waals surface area (Å²) < 4.78 is 0. The lowest BCUT2D eigenvalue weighted by molar-refractivity contribution is 0.0966. The Hall–Kier alpha value is -3.41. The molecule has 0 bridgehead atoms. The lowest BCUT2D eigenvalue weighted by atomic mass is 9.91. The first-order valence-electron chi connectivity index (χ1n) is 7.87. The lowest BCUT2D eigenvalue weighted by Crippen LogP contribution is -2.13. The van der Waals surface area contributed by atoms with Gasteiger partial charge in [0.05, 0.1) is 11.3 Å². The van der Waals surface area contributed by atoms with Crippen LogP contribution in [0.3, 0.4) is 0 Å². The summed E-state index contributed by atoms with van der Waals surface area (Å²) in [4.78, 5) is 21.0. The quantitative estimate of drug-likeness (QED) is 0.626. The monoisotopic (exact) mass is 332 g/mol. The zero-order valence-electron chi connectivity index (χ0n) is 13.6. The van der Waals surface area contributed by atoms with Crippen molar-refractivity contribution in [2.24, 2.45) is 0 Å². The molecule has 1 amide bonds. The topological polar surface area (TPSA) is 101 Å². The number of nitrogens with one attached hydrogen (secondary N) is 1. The number of benzene rings is 2. The Morgan fingerprint density at radius 1 is 1.12 bits per heavy atom. The van der Waals surface area contributed by atoms with Gasteiger partial charge in [-0.25, -0.2) is 9.97 Å². The van der Waals surface area contributed by atoms with Crippen LogP contribution in [-0.2, 0) is 6.54 Å². The minimum atomic E-state index is -0.204. The smallest absolute Gasteiger partial charge is 0.254 e. The van der Waals surface area contributed by atoms with Crippen molar-refractivity contribution in [3.63, 3.8) is 0 Å². The predicted molar refractivity (Wildman–Crippen MR) is 94.9 cm³/mol. The van der Waals surface area contributed by atoms with Gasteiger partial charge in [0.1, 0.15) is 5.75 Å². The van der Waals surface area contributed by atoms with Crippen molar-refractivity contribution in [2.75, 3.05) is 5.73 Å². The van der Waals surface area contributed by atoms with Crippen LogP contribution >= 0.6 is 0 Å². The van der Waals surface area contributed by atoms with Crippen LogP contribution in [0, 0.1) is 6.92 Å². The number of aromatic hydroxyl groups is 1. The van der Waals surface area contributed by atoms with Crippen molar-refractivity contribution in [3.8, 4) is 28.3 Å². The van der Waals surface area contributed by atoms with E-state index in [9.17, 15) is 9.90 Å². The highest BCUT2D eigenvalue weighted by Crippen LogP contribution is 2.40. The fraction of sp³-hybridized carbons (Fsp3) is 0.105. The molecule has 1 aromatic heterocycles. The molecule has 0 saturated carbocycles. The van der Waals surface area contributed by atoms with Crippen LogP contribution in [0.25, 0.3) is 22.5 Å². The van der Waals surface area contributed by atoms with E-state index in [0.29, 0.717) is 29.2 Å². The second kappa shape index (κ2) is 5.59. The number of carbonyl (C=O) groups excluding carboxylic acids is 1. The number of aryl methyl sites for hydroxylation is 1. The number of aromatic nitrogens is 2. The van der Waals surface area contributed by atoms with E-state index >= 15 is 0 Å². The standard InChI is InChI=1S/C19H16N4O2/c1-10-3-4-11(24)7-12(10)13-8-14(18-21-5-2-6-22-18)15-9-23-19(25)16(15)17(13)20/h2-8,24H,9,20H2,1H3,(H,23,25). The maximum absolute atomic E-state index is 12.3. The lowest BCUT2D eigenvalue weighted by Gasteiger charge is -2.15. The number of nitrogen functional groups attached to an aromatic ring is 1. The molecule has 3 aromatic rings. The van der Waals surface area contributed by atoms with Crippen LogP contribution in [0.5, 0.6) is 5.75 Å². The van der Waals surface area contributed by atoms with Gasteiger partial charge in [-0.05, 0) is 47.9 Å². The first-order valence-corrected chi connectivity index (χ1v) is 7.87. The third-order valence-electron chi connectivity index (χ3n) is 4.45. The number of amides is 1. The first-order chi connectivity index (χ1) is 12.1. The third kappa shape index (κ3) is 2.39. The van der Waals surface area contributed by atoms with E-state index in [1.54, 1.807) is 30.6 Å². The first kappa shape index (κ1) is 15.1. The molecule has 0 radical (unpaired) electrons. The molecular formula is C19H16N4O2. The Labute approximate surface area is 144 Å². The Morgan fingerprint density at radius 3 is 2.64 bits per heavy atom. The predicted octanol–water partition coefficient (Wildman–Crippen LogP) is 2.65. The van der Waals surface area contributed by atoms with Crippen molar-refractivity contribution in [3.05, 3.63) is 59.4 Å². The number of phenols is 1. The summed E-state index contributed by atoms with van der Waals surface area (Å²) in [6, 6.07) is 8.72. The summed E-state index contributed by atoms with van der Waals surface area (Å²) in [5.74, 6) is 0.473. The summed E-state index contributed by atoms with van der Waals surface area (Å²) >= 11 is 0. The normalized spacial score (nSPS) is 12.8. The fourth-order valence-corrected chi connectivity index (χ4v) is 3.20. The highest BCUT2D eigenvalue weighted by atomic mass is 16.3. The Balaban J connectivity index is 2.05. The van der Waals surface area contributed by atoms with E-state index in [0.717, 1.165) is 22.3 Å². The highest BCUT2D eigenvalue weighted by molar-refractivity contribution is 6.08. The van der Waals surface area contributed by atoms with Crippen LogP contribution in [0.2, 0.25) is 0 Å². The van der Waals surface area contributed by atoms with Gasteiger partial charge in [0.15, 0.2) is 5.82 Å². The number of hydrogen-bond acceptors (Lipinski definition) is 5. The number of rotatable bonds is 2. The third-order valence-corrected chi connectivity index (χ3v) is 4.45. The minimum Gasteiger partial charge on any atom is -0.508 e. The largest absolute Gasteiger partial charge is 0.508 e. The van der Waals surface area contributed by atoms with E-state index in [-0.39, 0.29) is 11.7 Å². The van der Waals surface area contributed by atoms with Crippen LogP contribution in [0.1, 0.15) is 21.5 Å². The van der Waals surface area contributed by atoms with Crippen molar-refractivity contribution >= 4 is 11.6 Å². The van der Waals surface area contributed by atoms with E-state index in [1.807, 2.05) is 19.1 Å². The van der Waals surface area contributed by atoms with Gasteiger partial charge in [0.2, 0.25) is 0 Å². The molecule has 4 rings (SSSR count). The molecule has 0 aliphatic carbocycles. The summed E-state index contributed by atoms with van der Waals surface area (Å²) in [7, 11) is 0. The average Bonchev–Trinajstić information content (AvgIpc) is 3.01. The number of carbonyl (C=O) groups is 1. The molecule has 6 heteroatoms. The van der Waals surface area contributed by atoms with Crippen LogP contribution < -0.4 is 11.1 Å². The van der Waals surface area contributed by atoms with Crippen molar-refractivity contribution in [1.82, 2.24) is 15.3 Å². The van der Waals surface area contributed by atoms with E-state index in [4.69, 9.17) is 5.73 Å². The summed E-state index contributed by atoms with van der Waals surface area (Å²) in [5, 5.41) is 12.7. The maximum Gasteiger partial charge on any atom is 0.254 e. The molecule has 1 aliphatic heterocycles. The van der Waals surface area contributed by atoms with Crippen LogP contribution in [0.4, 0.5) is 5.69 Å². The van der Waals surface area contributed by atoms with Crippen molar-refractivity contribution in [2.45, 2.75) is 13.5 Å². The number of hydrogen-bond donors (Lipinski definition) is 3. The Kier molecular flexibility index (Phi) is 3.39. The molecule has 2 aromatic carbocycles. The van der Waals surface area contributed by atoms with Crippen LogP contribution in [0.15, 0.2) is 42.7 Å². The molecule has 0 spiro atoms. The second-order valence-corrected chi connectivity index (χ2v) is 5.99. The minimum absolute atomic E-state index is 0.141. The molecule has 0 fully saturated rings. The summed E-state index contributed by atoms with van der Waals surface area (Å²) in [6.07, 6.45) is 3.32. The van der Waals surface area contributed by atoms with Crippen molar-refractivity contribution in [1.29, 1.82) is 0 Å². The number of nitrogens with zero attached hydrogens (tertiary/aromatic N) is 2. The van der Waals surface area contributed by atoms with E-state index < -0.39 is 0 Å². The zero-order valence-corrected chi connectivity index (χ0v) is 13.6. The van der Waals surface area contributed by atoms with Gasteiger partial charge in [0.25, 0.3) is 5.91 Å². The molecule has 0 saturated heterocycles. The van der Waals surface area contributed by atoms with Gasteiger partial charge in [-0.1, -0.05) is 6.07 Å². The van der Waals surface area contributed by atoms with E-state index in [1.165, 1.54) is 0 Å². The summed E-state index contributed by atoms with van der Waals surface area (Å²) in [6.45, 7) is 2.32. The SMILES string of the molecule is Cc1ccc(O)cc1-c1cc(-c2ncccn2)c2c(c1N)C(=O)NC2. The number of phenolic OH excluding ortho intramolecular Hbond substituents is 1. The number of anilines is 1. The molecule has 6 nitrogen and oxygen atoms in total. The van der Waals surface area contributed by atoms with Gasteiger partial charge in [-0.15, -0.1) is 0 Å².